The largest absolute Gasteiger partial charge is 0.398 e. The predicted octanol–water partition coefficient (Wildman–Crippen LogP) is 3.72. The van der Waals surface area contributed by atoms with E-state index in [4.69, 9.17) is 5.73 Å². The summed E-state index contributed by atoms with van der Waals surface area (Å²) in [4.78, 5) is 0. The Balaban J connectivity index is 1.83. The topological polar surface area (TPSA) is 38.0 Å². The molecule has 18 heavy (non-hydrogen) atoms. The highest BCUT2D eigenvalue weighted by Crippen LogP contribution is 2.25. The van der Waals surface area contributed by atoms with Gasteiger partial charge in [0.1, 0.15) is 0 Å². The third-order valence-electron chi connectivity index (χ3n) is 4.28. The molecule has 0 heterocycles. The number of benzene rings is 1. The van der Waals surface area contributed by atoms with Gasteiger partial charge in [0.15, 0.2) is 0 Å². The van der Waals surface area contributed by atoms with E-state index in [0.717, 1.165) is 18.2 Å². The van der Waals surface area contributed by atoms with Crippen LogP contribution in [-0.4, -0.2) is 6.04 Å². The molecule has 0 spiro atoms. The van der Waals surface area contributed by atoms with Crippen LogP contribution in [-0.2, 0) is 6.54 Å². The van der Waals surface area contributed by atoms with Crippen LogP contribution in [0.25, 0.3) is 0 Å². The fraction of sp³-hybridized carbons (Fsp3) is 0.625. The lowest BCUT2D eigenvalue weighted by atomic mass is 9.93. The first-order chi connectivity index (χ1) is 8.77. The number of hydrogen-bond acceptors (Lipinski definition) is 2. The molecule has 0 amide bonds. The Morgan fingerprint density at radius 2 is 1.83 bits per heavy atom. The maximum absolute atomic E-state index is 5.97. The van der Waals surface area contributed by atoms with Crippen LogP contribution in [0, 0.1) is 5.92 Å². The molecule has 2 heteroatoms. The van der Waals surface area contributed by atoms with Gasteiger partial charge in [0, 0.05) is 18.3 Å². The molecule has 3 N–H and O–H groups in total. The minimum atomic E-state index is 0.600. The number of rotatable bonds is 4. The van der Waals surface area contributed by atoms with Crippen LogP contribution in [0.4, 0.5) is 5.69 Å². The lowest BCUT2D eigenvalue weighted by Gasteiger charge is -2.24. The van der Waals surface area contributed by atoms with Crippen LogP contribution >= 0.6 is 0 Å². The molecule has 1 aliphatic carbocycles. The van der Waals surface area contributed by atoms with Crippen molar-refractivity contribution in [1.82, 2.24) is 5.32 Å². The molecule has 0 radical (unpaired) electrons. The number of nitrogens with one attached hydrogen (secondary N) is 1. The van der Waals surface area contributed by atoms with Gasteiger partial charge in [0.25, 0.3) is 0 Å². The molecule has 0 aliphatic heterocycles. The summed E-state index contributed by atoms with van der Waals surface area (Å²) >= 11 is 0. The smallest absolute Gasteiger partial charge is 0.0359 e. The van der Waals surface area contributed by atoms with Crippen molar-refractivity contribution in [3.8, 4) is 0 Å². The van der Waals surface area contributed by atoms with Crippen molar-refractivity contribution in [3.63, 3.8) is 0 Å². The summed E-state index contributed by atoms with van der Waals surface area (Å²) in [7, 11) is 0. The molecular weight excluding hydrogens is 220 g/mol. The SMILES string of the molecule is C[C@@H](NCc1ccccc1N)C1CCCCCC1. The van der Waals surface area contributed by atoms with Crippen molar-refractivity contribution in [2.75, 3.05) is 5.73 Å². The van der Waals surface area contributed by atoms with Crippen LogP contribution in [0.1, 0.15) is 51.0 Å². The van der Waals surface area contributed by atoms with E-state index in [1.165, 1.54) is 44.1 Å². The Hall–Kier alpha value is -1.02. The van der Waals surface area contributed by atoms with Gasteiger partial charge in [-0.3, -0.25) is 0 Å². The van der Waals surface area contributed by atoms with E-state index in [0.29, 0.717) is 6.04 Å². The Bertz CT molecular complexity index is 354. The Labute approximate surface area is 111 Å². The Kier molecular flexibility index (Phi) is 5.06. The van der Waals surface area contributed by atoms with Crippen LogP contribution in [0.5, 0.6) is 0 Å². The summed E-state index contributed by atoms with van der Waals surface area (Å²) < 4.78 is 0. The van der Waals surface area contributed by atoms with Crippen molar-refractivity contribution < 1.29 is 0 Å². The summed E-state index contributed by atoms with van der Waals surface area (Å²) in [5.74, 6) is 0.845. The molecule has 0 unspecified atom stereocenters. The maximum atomic E-state index is 5.97. The maximum Gasteiger partial charge on any atom is 0.0359 e. The van der Waals surface area contributed by atoms with Crippen molar-refractivity contribution in [2.24, 2.45) is 5.92 Å². The van der Waals surface area contributed by atoms with Crippen LogP contribution in [0.3, 0.4) is 0 Å². The first-order valence-electron chi connectivity index (χ1n) is 7.34. The van der Waals surface area contributed by atoms with Gasteiger partial charge in [-0.05, 0) is 37.3 Å². The van der Waals surface area contributed by atoms with Gasteiger partial charge >= 0.3 is 0 Å². The van der Waals surface area contributed by atoms with Gasteiger partial charge < -0.3 is 11.1 Å². The number of anilines is 1. The summed E-state index contributed by atoms with van der Waals surface area (Å²) in [6.45, 7) is 3.22. The van der Waals surface area contributed by atoms with E-state index in [9.17, 15) is 0 Å². The molecule has 0 saturated heterocycles. The summed E-state index contributed by atoms with van der Waals surface area (Å²) in [6.07, 6.45) is 8.44. The van der Waals surface area contributed by atoms with Crippen LogP contribution in [0.2, 0.25) is 0 Å². The minimum absolute atomic E-state index is 0.600. The van der Waals surface area contributed by atoms with E-state index >= 15 is 0 Å². The quantitative estimate of drug-likeness (QED) is 0.627. The third kappa shape index (κ3) is 3.74. The Morgan fingerprint density at radius 3 is 2.50 bits per heavy atom. The van der Waals surface area contributed by atoms with Gasteiger partial charge in [-0.2, -0.15) is 0 Å². The van der Waals surface area contributed by atoms with Gasteiger partial charge in [-0.25, -0.2) is 0 Å². The molecule has 0 bridgehead atoms. The second kappa shape index (κ2) is 6.79. The zero-order valence-electron chi connectivity index (χ0n) is 11.5. The standard InChI is InChI=1S/C16H26N2/c1-13(14-8-4-2-3-5-9-14)18-12-15-10-6-7-11-16(15)17/h6-7,10-11,13-14,18H,2-5,8-9,12,17H2,1H3/t13-/m1/s1. The van der Waals surface area contributed by atoms with Gasteiger partial charge in [0.2, 0.25) is 0 Å². The zero-order valence-corrected chi connectivity index (χ0v) is 11.5. The van der Waals surface area contributed by atoms with E-state index in [-0.39, 0.29) is 0 Å². The van der Waals surface area contributed by atoms with Crippen LogP contribution in [0.15, 0.2) is 24.3 Å². The number of nitrogen functional groups attached to an aromatic ring is 1. The highest BCUT2D eigenvalue weighted by Gasteiger charge is 2.18. The number of hydrogen-bond donors (Lipinski definition) is 2. The first kappa shape index (κ1) is 13.4. The molecule has 1 atom stereocenters. The summed E-state index contributed by atoms with van der Waals surface area (Å²) in [5.41, 5.74) is 8.09. The van der Waals surface area contributed by atoms with Crippen LogP contribution < -0.4 is 11.1 Å². The predicted molar refractivity (Wildman–Crippen MR) is 78.3 cm³/mol. The third-order valence-corrected chi connectivity index (χ3v) is 4.28. The van der Waals surface area contributed by atoms with Gasteiger partial charge in [0.05, 0.1) is 0 Å². The van der Waals surface area contributed by atoms with Gasteiger partial charge in [-0.1, -0.05) is 43.9 Å². The Morgan fingerprint density at radius 1 is 1.17 bits per heavy atom. The average Bonchev–Trinajstić information content (AvgIpc) is 2.66. The molecule has 2 nitrogen and oxygen atoms in total. The lowest BCUT2D eigenvalue weighted by Crippen LogP contribution is -2.33. The van der Waals surface area contributed by atoms with Crippen molar-refractivity contribution in [3.05, 3.63) is 29.8 Å². The molecule has 2 rings (SSSR count). The molecule has 100 valence electrons. The van der Waals surface area contributed by atoms with E-state index in [2.05, 4.69) is 24.4 Å². The zero-order chi connectivity index (χ0) is 12.8. The molecule has 1 aromatic carbocycles. The molecule has 1 saturated carbocycles. The van der Waals surface area contributed by atoms with Crippen molar-refractivity contribution in [2.45, 2.75) is 58.0 Å². The molecular formula is C16H26N2. The highest BCUT2D eigenvalue weighted by molar-refractivity contribution is 5.46. The second-order valence-corrected chi connectivity index (χ2v) is 5.62. The number of para-hydroxylation sites is 1. The van der Waals surface area contributed by atoms with E-state index < -0.39 is 0 Å². The fourth-order valence-electron chi connectivity index (χ4n) is 2.94. The van der Waals surface area contributed by atoms with E-state index in [1.54, 1.807) is 0 Å². The summed E-state index contributed by atoms with van der Waals surface area (Å²) in [5, 5.41) is 3.66. The van der Waals surface area contributed by atoms with Crippen molar-refractivity contribution >= 4 is 5.69 Å². The van der Waals surface area contributed by atoms with E-state index in [1.807, 2.05) is 12.1 Å². The molecule has 1 aliphatic rings. The molecule has 1 aromatic rings. The second-order valence-electron chi connectivity index (χ2n) is 5.62. The normalized spacial score (nSPS) is 19.4. The van der Waals surface area contributed by atoms with Gasteiger partial charge in [-0.15, -0.1) is 0 Å². The average molecular weight is 246 g/mol. The monoisotopic (exact) mass is 246 g/mol. The first-order valence-corrected chi connectivity index (χ1v) is 7.34. The molecule has 1 fully saturated rings. The number of nitrogens with two attached hydrogens (primary N) is 1. The molecule has 0 aromatic heterocycles. The minimum Gasteiger partial charge on any atom is -0.398 e. The highest BCUT2D eigenvalue weighted by atomic mass is 14.9. The van der Waals surface area contributed by atoms with Crippen molar-refractivity contribution in [1.29, 1.82) is 0 Å². The fourth-order valence-corrected chi connectivity index (χ4v) is 2.94. The lowest BCUT2D eigenvalue weighted by molar-refractivity contribution is 0.337. The summed E-state index contributed by atoms with van der Waals surface area (Å²) in [6, 6.07) is 8.75.